The molecule has 1 aromatic heterocycles. The molecule has 2 N–H and O–H groups in total. The second kappa shape index (κ2) is 5.61. The van der Waals surface area contributed by atoms with Gasteiger partial charge in [-0.3, -0.25) is 15.1 Å². The fraction of sp³-hybridized carbons (Fsp3) is 0.500. The predicted octanol–water partition coefficient (Wildman–Crippen LogP) is 1.84. The number of rotatable bonds is 5. The molecule has 1 aromatic rings. The van der Waals surface area contributed by atoms with E-state index in [1.807, 2.05) is 32.9 Å². The van der Waals surface area contributed by atoms with Crippen LogP contribution in [0.2, 0.25) is 0 Å². The molecule has 0 aliphatic heterocycles. The first-order valence-electron chi connectivity index (χ1n) is 5.41. The average molecular weight is 222 g/mol. The fourth-order valence-electron chi connectivity index (χ4n) is 1.57. The summed E-state index contributed by atoms with van der Waals surface area (Å²) in [5, 5.41) is 12.2. The Morgan fingerprint density at radius 2 is 1.88 bits per heavy atom. The molecular formula is C12H18N2O2. The molecule has 16 heavy (non-hydrogen) atoms. The molecule has 2 atom stereocenters. The molecule has 0 saturated heterocycles. The molecule has 0 saturated carbocycles. The summed E-state index contributed by atoms with van der Waals surface area (Å²) >= 11 is 0. The standard InChI is InChI=1S/C12H18N2O2/c1-8(2)11(12(15)16)14-9(3)10-4-6-13-7-5-10/h4-9,11,14H,1-3H3,(H,15,16)/t9-,11?/m1/s1. The van der Waals surface area contributed by atoms with Gasteiger partial charge in [-0.2, -0.15) is 0 Å². The summed E-state index contributed by atoms with van der Waals surface area (Å²) in [6.45, 7) is 5.74. The van der Waals surface area contributed by atoms with Gasteiger partial charge in [-0.05, 0) is 30.5 Å². The molecule has 0 fully saturated rings. The summed E-state index contributed by atoms with van der Waals surface area (Å²) in [6.07, 6.45) is 3.41. The van der Waals surface area contributed by atoms with Crippen LogP contribution in [0.1, 0.15) is 32.4 Å². The van der Waals surface area contributed by atoms with Crippen LogP contribution in [0.4, 0.5) is 0 Å². The van der Waals surface area contributed by atoms with Crippen LogP contribution < -0.4 is 5.32 Å². The SMILES string of the molecule is CC(C)C(N[C@H](C)c1ccncc1)C(=O)O. The number of pyridine rings is 1. The Hall–Kier alpha value is -1.42. The van der Waals surface area contributed by atoms with Crippen molar-refractivity contribution >= 4 is 5.97 Å². The van der Waals surface area contributed by atoms with Gasteiger partial charge in [0.2, 0.25) is 0 Å². The third kappa shape index (κ3) is 3.31. The van der Waals surface area contributed by atoms with E-state index in [9.17, 15) is 4.79 Å². The second-order valence-corrected chi connectivity index (χ2v) is 4.23. The number of carbonyl (C=O) groups is 1. The number of aromatic nitrogens is 1. The molecule has 1 heterocycles. The number of hydrogen-bond donors (Lipinski definition) is 2. The van der Waals surface area contributed by atoms with Gasteiger partial charge in [0, 0.05) is 18.4 Å². The molecule has 0 amide bonds. The molecule has 4 heteroatoms. The minimum Gasteiger partial charge on any atom is -0.480 e. The van der Waals surface area contributed by atoms with E-state index in [4.69, 9.17) is 5.11 Å². The maximum absolute atomic E-state index is 11.0. The number of nitrogens with zero attached hydrogens (tertiary/aromatic N) is 1. The van der Waals surface area contributed by atoms with Crippen molar-refractivity contribution in [2.45, 2.75) is 32.9 Å². The number of aliphatic carboxylic acids is 1. The first kappa shape index (κ1) is 12.6. The minimum absolute atomic E-state index is 0.00602. The molecule has 0 radical (unpaired) electrons. The lowest BCUT2D eigenvalue weighted by molar-refractivity contribution is -0.140. The number of hydrogen-bond acceptors (Lipinski definition) is 3. The van der Waals surface area contributed by atoms with Gasteiger partial charge in [-0.25, -0.2) is 0 Å². The lowest BCUT2D eigenvalue weighted by atomic mass is 10.0. The molecule has 4 nitrogen and oxygen atoms in total. The van der Waals surface area contributed by atoms with Crippen LogP contribution in [-0.2, 0) is 4.79 Å². The van der Waals surface area contributed by atoms with E-state index in [0.717, 1.165) is 5.56 Å². The highest BCUT2D eigenvalue weighted by atomic mass is 16.4. The third-order valence-corrected chi connectivity index (χ3v) is 2.57. The largest absolute Gasteiger partial charge is 0.480 e. The van der Waals surface area contributed by atoms with E-state index in [0.29, 0.717) is 0 Å². The number of carboxylic acids is 1. The first-order chi connectivity index (χ1) is 7.52. The van der Waals surface area contributed by atoms with Crippen LogP contribution in [0, 0.1) is 5.92 Å². The van der Waals surface area contributed by atoms with E-state index in [1.54, 1.807) is 12.4 Å². The molecule has 1 rings (SSSR count). The zero-order valence-electron chi connectivity index (χ0n) is 9.84. The van der Waals surface area contributed by atoms with Gasteiger partial charge in [0.25, 0.3) is 0 Å². The zero-order valence-corrected chi connectivity index (χ0v) is 9.84. The minimum atomic E-state index is -0.809. The average Bonchev–Trinajstić information content (AvgIpc) is 2.25. The van der Waals surface area contributed by atoms with Crippen LogP contribution in [-0.4, -0.2) is 22.1 Å². The van der Waals surface area contributed by atoms with Crippen LogP contribution in [0.5, 0.6) is 0 Å². The van der Waals surface area contributed by atoms with Crippen molar-refractivity contribution in [2.24, 2.45) is 5.92 Å². The van der Waals surface area contributed by atoms with E-state index in [-0.39, 0.29) is 12.0 Å². The van der Waals surface area contributed by atoms with Crippen LogP contribution in [0.3, 0.4) is 0 Å². The van der Waals surface area contributed by atoms with E-state index in [1.165, 1.54) is 0 Å². The van der Waals surface area contributed by atoms with Crippen molar-refractivity contribution in [1.82, 2.24) is 10.3 Å². The lowest BCUT2D eigenvalue weighted by Gasteiger charge is -2.23. The van der Waals surface area contributed by atoms with Gasteiger partial charge in [0.05, 0.1) is 0 Å². The van der Waals surface area contributed by atoms with Crippen molar-refractivity contribution < 1.29 is 9.90 Å². The third-order valence-electron chi connectivity index (χ3n) is 2.57. The Bertz CT molecular complexity index is 338. The zero-order chi connectivity index (χ0) is 12.1. The Balaban J connectivity index is 2.69. The van der Waals surface area contributed by atoms with E-state index < -0.39 is 12.0 Å². The van der Waals surface area contributed by atoms with E-state index in [2.05, 4.69) is 10.3 Å². The van der Waals surface area contributed by atoms with Crippen molar-refractivity contribution in [3.63, 3.8) is 0 Å². The summed E-state index contributed by atoms with van der Waals surface area (Å²) in [4.78, 5) is 15.0. The van der Waals surface area contributed by atoms with Crippen LogP contribution in [0.25, 0.3) is 0 Å². The molecule has 0 aliphatic rings. The second-order valence-electron chi connectivity index (χ2n) is 4.23. The Kier molecular flexibility index (Phi) is 4.43. The fourth-order valence-corrected chi connectivity index (χ4v) is 1.57. The van der Waals surface area contributed by atoms with Crippen molar-refractivity contribution in [3.05, 3.63) is 30.1 Å². The number of nitrogens with one attached hydrogen (secondary N) is 1. The normalized spacial score (nSPS) is 14.8. The molecule has 0 spiro atoms. The molecule has 0 bridgehead atoms. The lowest BCUT2D eigenvalue weighted by Crippen LogP contribution is -2.42. The van der Waals surface area contributed by atoms with Gasteiger partial charge in [0.1, 0.15) is 6.04 Å². The highest BCUT2D eigenvalue weighted by Crippen LogP contribution is 2.13. The van der Waals surface area contributed by atoms with Crippen LogP contribution in [0.15, 0.2) is 24.5 Å². The summed E-state index contributed by atoms with van der Waals surface area (Å²) in [6, 6.07) is 3.25. The van der Waals surface area contributed by atoms with Crippen molar-refractivity contribution in [3.8, 4) is 0 Å². The van der Waals surface area contributed by atoms with Gasteiger partial charge < -0.3 is 5.11 Å². The summed E-state index contributed by atoms with van der Waals surface area (Å²) in [5.41, 5.74) is 1.04. The molecular weight excluding hydrogens is 204 g/mol. The number of carboxylic acid groups (broad SMARTS) is 1. The quantitative estimate of drug-likeness (QED) is 0.798. The van der Waals surface area contributed by atoms with Crippen LogP contribution >= 0.6 is 0 Å². The van der Waals surface area contributed by atoms with Gasteiger partial charge >= 0.3 is 5.97 Å². The highest BCUT2D eigenvalue weighted by molar-refractivity contribution is 5.73. The monoisotopic (exact) mass is 222 g/mol. The summed E-state index contributed by atoms with van der Waals surface area (Å²) < 4.78 is 0. The molecule has 0 aromatic carbocycles. The summed E-state index contributed by atoms with van der Waals surface area (Å²) in [5.74, 6) is -0.752. The van der Waals surface area contributed by atoms with E-state index >= 15 is 0 Å². The molecule has 88 valence electrons. The Labute approximate surface area is 95.7 Å². The molecule has 0 aliphatic carbocycles. The van der Waals surface area contributed by atoms with Crippen molar-refractivity contribution in [2.75, 3.05) is 0 Å². The van der Waals surface area contributed by atoms with Gasteiger partial charge in [0.15, 0.2) is 0 Å². The van der Waals surface area contributed by atoms with Gasteiger partial charge in [-0.1, -0.05) is 13.8 Å². The smallest absolute Gasteiger partial charge is 0.320 e. The Morgan fingerprint density at radius 3 is 2.31 bits per heavy atom. The predicted molar refractivity (Wildman–Crippen MR) is 62.0 cm³/mol. The maximum atomic E-state index is 11.0. The van der Waals surface area contributed by atoms with Gasteiger partial charge in [-0.15, -0.1) is 0 Å². The highest BCUT2D eigenvalue weighted by Gasteiger charge is 2.23. The Morgan fingerprint density at radius 1 is 1.31 bits per heavy atom. The molecule has 1 unspecified atom stereocenters. The van der Waals surface area contributed by atoms with Crippen molar-refractivity contribution in [1.29, 1.82) is 0 Å². The maximum Gasteiger partial charge on any atom is 0.320 e. The topological polar surface area (TPSA) is 62.2 Å². The first-order valence-corrected chi connectivity index (χ1v) is 5.41. The summed E-state index contributed by atoms with van der Waals surface area (Å²) in [7, 11) is 0.